The monoisotopic (exact) mass is 412 g/mol. The van der Waals surface area contributed by atoms with Crippen LogP contribution in [0.1, 0.15) is 0 Å². The molecule has 3 rings (SSSR count). The summed E-state index contributed by atoms with van der Waals surface area (Å²) in [5.74, 6) is 0.547. The maximum atomic E-state index is 12.4. The van der Waals surface area contributed by atoms with Crippen molar-refractivity contribution < 1.29 is 73.8 Å². The number of hydrogen-bond donors (Lipinski definition) is 1. The number of nitrogens with one attached hydrogen (secondary N) is 1. The van der Waals surface area contributed by atoms with Gasteiger partial charge in [0.05, 0.1) is 23.6 Å². The van der Waals surface area contributed by atoms with Crippen LogP contribution in [0.15, 0.2) is 57.9 Å². The topological polar surface area (TPSA) is 117 Å². The van der Waals surface area contributed by atoms with Crippen LogP contribution >= 0.6 is 0 Å². The average Bonchev–Trinajstić information content (AvgIpc) is 2.58. The standard InChI is InChI=1S/C17H14N2O6S.K/c1-26(22,23)19-13-8-15-12(17(21)14(9-24-15)18-10-20)7-16(13)25-11-5-3-2-4-6-11;/h2-10H,1H3,(H2,18,19,20,21);/q;+1/p-1. The molecule has 134 valence electrons. The minimum Gasteiger partial charge on any atom is -0.624 e. The number of carbonyl (C=O) groups excluding carboxylic acids is 1. The van der Waals surface area contributed by atoms with E-state index in [4.69, 9.17) is 9.15 Å². The number of carbonyl (C=O) groups is 1. The Morgan fingerprint density at radius 2 is 1.89 bits per heavy atom. The molecule has 0 spiro atoms. The van der Waals surface area contributed by atoms with Gasteiger partial charge in [-0.2, -0.15) is 0 Å². The summed E-state index contributed by atoms with van der Waals surface area (Å²) in [6, 6.07) is 11.3. The van der Waals surface area contributed by atoms with E-state index in [1.54, 1.807) is 30.3 Å². The van der Waals surface area contributed by atoms with E-state index < -0.39 is 15.5 Å². The van der Waals surface area contributed by atoms with Crippen molar-refractivity contribution in [3.63, 3.8) is 0 Å². The third-order valence-corrected chi connectivity index (χ3v) is 3.91. The molecule has 8 nitrogen and oxygen atoms in total. The van der Waals surface area contributed by atoms with Crippen molar-refractivity contribution >= 4 is 38.8 Å². The molecule has 3 aromatic rings. The second kappa shape index (κ2) is 9.00. The van der Waals surface area contributed by atoms with Crippen LogP contribution in [-0.2, 0) is 14.8 Å². The van der Waals surface area contributed by atoms with Gasteiger partial charge in [-0.15, -0.1) is 0 Å². The Bertz CT molecular complexity index is 1130. The molecule has 0 saturated carbocycles. The van der Waals surface area contributed by atoms with Crippen LogP contribution < -0.4 is 66.3 Å². The SMILES string of the molecule is CS(=O)(=O)Nc1cc2occ([N-]C=O)c(=O)c2cc1Oc1ccccc1.[K+]. The summed E-state index contributed by atoms with van der Waals surface area (Å²) in [7, 11) is -3.60. The van der Waals surface area contributed by atoms with E-state index in [9.17, 15) is 18.0 Å². The first kappa shape index (κ1) is 21.6. The molecule has 0 unspecified atom stereocenters. The molecule has 0 radical (unpaired) electrons. The summed E-state index contributed by atoms with van der Waals surface area (Å²) in [4.78, 5) is 22.9. The Morgan fingerprint density at radius 3 is 2.52 bits per heavy atom. The number of para-hydroxylation sites is 1. The Morgan fingerprint density at radius 1 is 1.19 bits per heavy atom. The third kappa shape index (κ3) is 5.40. The van der Waals surface area contributed by atoms with Gasteiger partial charge in [0.1, 0.15) is 11.3 Å². The van der Waals surface area contributed by atoms with Crippen molar-refractivity contribution in [2.75, 3.05) is 11.0 Å². The molecule has 2 aromatic carbocycles. The summed E-state index contributed by atoms with van der Waals surface area (Å²) in [5.41, 5.74) is -0.484. The first-order valence-electron chi connectivity index (χ1n) is 7.32. The minimum atomic E-state index is -3.60. The molecule has 1 heterocycles. The number of benzene rings is 2. The Labute approximate surface area is 197 Å². The molecule has 0 aliphatic heterocycles. The summed E-state index contributed by atoms with van der Waals surface area (Å²) in [5, 5.41) is 3.51. The van der Waals surface area contributed by atoms with Crippen LogP contribution in [0.2, 0.25) is 0 Å². The first-order valence-corrected chi connectivity index (χ1v) is 9.21. The second-order valence-electron chi connectivity index (χ2n) is 5.32. The second-order valence-corrected chi connectivity index (χ2v) is 7.07. The average molecular weight is 412 g/mol. The Hall–Kier alpha value is -1.69. The molecular formula is C17H13KN2O6S. The predicted molar refractivity (Wildman–Crippen MR) is 96.5 cm³/mol. The molecule has 0 fully saturated rings. The van der Waals surface area contributed by atoms with Crippen LogP contribution in [0.4, 0.5) is 11.4 Å². The quantitative estimate of drug-likeness (QED) is 0.454. The minimum absolute atomic E-state index is 0. The van der Waals surface area contributed by atoms with Crippen LogP contribution in [0.3, 0.4) is 0 Å². The van der Waals surface area contributed by atoms with Gasteiger partial charge >= 0.3 is 51.4 Å². The summed E-state index contributed by atoms with van der Waals surface area (Å²) < 4.78 is 36.6. The number of nitrogens with zero attached hydrogens (tertiary/aromatic N) is 1. The molecule has 1 aromatic heterocycles. The number of sulfonamides is 1. The van der Waals surface area contributed by atoms with Gasteiger partial charge < -0.3 is 19.3 Å². The molecule has 1 amide bonds. The van der Waals surface area contributed by atoms with Crippen molar-refractivity contribution in [2.45, 2.75) is 0 Å². The molecular weight excluding hydrogens is 399 g/mol. The molecule has 27 heavy (non-hydrogen) atoms. The van der Waals surface area contributed by atoms with E-state index >= 15 is 0 Å². The zero-order valence-electron chi connectivity index (χ0n) is 14.5. The van der Waals surface area contributed by atoms with Crippen LogP contribution in [0, 0.1) is 0 Å². The van der Waals surface area contributed by atoms with Crippen LogP contribution in [-0.4, -0.2) is 21.1 Å². The van der Waals surface area contributed by atoms with Gasteiger partial charge in [0, 0.05) is 12.5 Å². The number of amides is 1. The smallest absolute Gasteiger partial charge is 0.624 e. The molecule has 0 saturated heterocycles. The first-order chi connectivity index (χ1) is 12.4. The van der Waals surface area contributed by atoms with Crippen molar-refractivity contribution in [3.8, 4) is 11.5 Å². The van der Waals surface area contributed by atoms with E-state index in [0.29, 0.717) is 5.75 Å². The van der Waals surface area contributed by atoms with E-state index in [2.05, 4.69) is 10.0 Å². The van der Waals surface area contributed by atoms with E-state index in [-0.39, 0.29) is 85.9 Å². The zero-order valence-corrected chi connectivity index (χ0v) is 18.4. The van der Waals surface area contributed by atoms with Crippen LogP contribution in [0.25, 0.3) is 16.3 Å². The summed E-state index contributed by atoms with van der Waals surface area (Å²) in [6.45, 7) is 0. The normalized spacial score (nSPS) is 10.7. The predicted octanol–water partition coefficient (Wildman–Crippen LogP) is 0.122. The number of hydrogen-bond acceptors (Lipinski definition) is 6. The summed E-state index contributed by atoms with van der Waals surface area (Å²) in [6.07, 6.45) is 2.26. The van der Waals surface area contributed by atoms with Crippen molar-refractivity contribution in [1.29, 1.82) is 0 Å². The Kier molecular flexibility index (Phi) is 7.20. The maximum absolute atomic E-state index is 12.4. The molecule has 1 N–H and O–H groups in total. The van der Waals surface area contributed by atoms with Crippen molar-refractivity contribution in [1.82, 2.24) is 0 Å². The molecule has 0 aliphatic rings. The molecule has 10 heteroatoms. The van der Waals surface area contributed by atoms with Gasteiger partial charge in [-0.1, -0.05) is 18.2 Å². The zero-order chi connectivity index (χ0) is 18.7. The molecule has 0 bridgehead atoms. The molecule has 0 atom stereocenters. The van der Waals surface area contributed by atoms with Crippen molar-refractivity contribution in [2.24, 2.45) is 0 Å². The van der Waals surface area contributed by atoms with Gasteiger partial charge in [0.2, 0.25) is 10.0 Å². The van der Waals surface area contributed by atoms with E-state index in [0.717, 1.165) is 12.5 Å². The Balaban J connectivity index is 0.00000261. The van der Waals surface area contributed by atoms with E-state index in [1.807, 2.05) is 0 Å². The number of rotatable bonds is 6. The van der Waals surface area contributed by atoms with Gasteiger partial charge in [-0.05, 0) is 23.9 Å². The van der Waals surface area contributed by atoms with Crippen molar-refractivity contribution in [3.05, 3.63) is 64.3 Å². The van der Waals surface area contributed by atoms with Gasteiger partial charge in [0.15, 0.2) is 11.2 Å². The maximum Gasteiger partial charge on any atom is 1.00 e. The van der Waals surface area contributed by atoms with E-state index in [1.165, 1.54) is 12.1 Å². The molecule has 0 aliphatic carbocycles. The van der Waals surface area contributed by atoms with Crippen LogP contribution in [0.5, 0.6) is 11.5 Å². The van der Waals surface area contributed by atoms with Gasteiger partial charge in [-0.25, -0.2) is 8.42 Å². The fourth-order valence-corrected chi connectivity index (χ4v) is 2.83. The fraction of sp³-hybridized carbons (Fsp3) is 0.0588. The van der Waals surface area contributed by atoms with Gasteiger partial charge in [-0.3, -0.25) is 9.52 Å². The van der Waals surface area contributed by atoms with Gasteiger partial charge in [0.25, 0.3) is 0 Å². The number of fused-ring (bicyclic) bond motifs is 1. The number of ether oxygens (including phenoxy) is 1. The fourth-order valence-electron chi connectivity index (χ4n) is 2.27. The third-order valence-electron chi connectivity index (χ3n) is 3.31. The number of anilines is 1. The summed E-state index contributed by atoms with van der Waals surface area (Å²) >= 11 is 0. The largest absolute Gasteiger partial charge is 1.00 e.